The van der Waals surface area contributed by atoms with Crippen LogP contribution in [0.15, 0.2) is 0 Å². The molecular formula is C33H61KO11S3. The maximum atomic E-state index is 10.8. The van der Waals surface area contributed by atoms with Crippen molar-refractivity contribution in [3.05, 3.63) is 0 Å². The molecule has 0 radical (unpaired) electrons. The summed E-state index contributed by atoms with van der Waals surface area (Å²) in [4.78, 5) is 30.9. The van der Waals surface area contributed by atoms with Crippen LogP contribution in [0.5, 0.6) is 0 Å². The first kappa shape index (κ1) is 51.0. The Balaban J connectivity index is 0. The van der Waals surface area contributed by atoms with Gasteiger partial charge in [0.1, 0.15) is 5.78 Å². The number of aliphatic hydroxyl groups is 1. The van der Waals surface area contributed by atoms with Crippen molar-refractivity contribution < 1.29 is 102 Å². The molecule has 4 aliphatic heterocycles. The molecule has 48 heavy (non-hydrogen) atoms. The fourth-order valence-corrected chi connectivity index (χ4v) is 7.79. The van der Waals surface area contributed by atoms with E-state index in [2.05, 4.69) is 26.5 Å². The van der Waals surface area contributed by atoms with E-state index in [0.29, 0.717) is 48.9 Å². The summed E-state index contributed by atoms with van der Waals surface area (Å²) in [6.45, 7) is 18.8. The summed E-state index contributed by atoms with van der Waals surface area (Å²) in [6.07, 6.45) is 8.38. The van der Waals surface area contributed by atoms with E-state index in [4.69, 9.17) is 23.1 Å². The first-order valence-corrected chi connectivity index (χ1v) is 19.7. The molecule has 0 spiro atoms. The molecule has 4 heterocycles. The van der Waals surface area contributed by atoms with Crippen molar-refractivity contribution in [3.8, 4) is 0 Å². The van der Waals surface area contributed by atoms with Crippen molar-refractivity contribution in [1.29, 1.82) is 0 Å². The second-order valence-corrected chi connectivity index (χ2v) is 16.8. The molecule has 4 rings (SSSR count). The van der Waals surface area contributed by atoms with Gasteiger partial charge in [-0.3, -0.25) is 13.8 Å². The Morgan fingerprint density at radius 2 is 1.02 bits per heavy atom. The molecule has 15 heteroatoms. The summed E-state index contributed by atoms with van der Waals surface area (Å²) in [5.41, 5.74) is 0. The van der Waals surface area contributed by atoms with Gasteiger partial charge in [-0.1, -0.05) is 11.8 Å². The van der Waals surface area contributed by atoms with Crippen LogP contribution in [0.4, 0.5) is 0 Å². The molecule has 0 saturated carbocycles. The summed E-state index contributed by atoms with van der Waals surface area (Å²) in [6, 6.07) is 0. The summed E-state index contributed by atoms with van der Waals surface area (Å²) < 4.78 is 48.4. The van der Waals surface area contributed by atoms with E-state index in [0.717, 1.165) is 31.9 Å². The minimum absolute atomic E-state index is 0. The molecule has 4 saturated heterocycles. The number of aliphatic hydroxyl groups excluding tert-OH is 1. The van der Waals surface area contributed by atoms with Crippen LogP contribution in [0.1, 0.15) is 121 Å². The van der Waals surface area contributed by atoms with Gasteiger partial charge in [-0.05, 0) is 88.0 Å². The van der Waals surface area contributed by atoms with Crippen molar-refractivity contribution >= 4 is 50.5 Å². The molecule has 8 atom stereocenters. The van der Waals surface area contributed by atoms with E-state index >= 15 is 0 Å². The number of carbonyl (C=O) groups excluding carboxylic acids is 3. The van der Waals surface area contributed by atoms with Crippen LogP contribution in [0, 0.1) is 0 Å². The minimum atomic E-state index is -3.33. The first-order valence-electron chi connectivity index (χ1n) is 16.6. The summed E-state index contributed by atoms with van der Waals surface area (Å²) in [5.74, 6) is 0.334. The molecule has 0 aromatic carbocycles. The summed E-state index contributed by atoms with van der Waals surface area (Å²) >= 11 is 5.45. The first-order chi connectivity index (χ1) is 21.5. The SMILES string of the molecule is CC(=O)SC1CC(C)OC(C)C1.CC(=O)[S-].CC1CC(=O)CC(C)O1.CC1CC(O)CC(C)O1.CC1CC(OS(C)(=O)=O)CC(C)O1.[K+]. The fourth-order valence-electron chi connectivity index (χ4n) is 5.93. The van der Waals surface area contributed by atoms with Gasteiger partial charge in [-0.25, -0.2) is 0 Å². The second-order valence-electron chi connectivity index (χ2n) is 13.2. The van der Waals surface area contributed by atoms with Crippen LogP contribution in [-0.2, 0) is 60.3 Å². The summed E-state index contributed by atoms with van der Waals surface area (Å²) in [5, 5.41) is 9.62. The van der Waals surface area contributed by atoms with Gasteiger partial charge in [0.25, 0.3) is 10.1 Å². The predicted molar refractivity (Wildman–Crippen MR) is 188 cm³/mol. The van der Waals surface area contributed by atoms with Gasteiger partial charge in [0.15, 0.2) is 5.12 Å². The maximum absolute atomic E-state index is 10.8. The Morgan fingerprint density at radius 3 is 1.31 bits per heavy atom. The quantitative estimate of drug-likeness (QED) is 0.254. The summed E-state index contributed by atoms with van der Waals surface area (Å²) in [7, 11) is -3.33. The zero-order valence-electron chi connectivity index (χ0n) is 31.3. The number of thioether (sulfide) groups is 1. The van der Waals surface area contributed by atoms with Gasteiger partial charge in [0.05, 0.1) is 67.3 Å². The molecular weight excluding hydrogens is 708 g/mol. The average Bonchev–Trinajstić information content (AvgIpc) is 2.80. The zero-order valence-corrected chi connectivity index (χ0v) is 36.8. The van der Waals surface area contributed by atoms with Gasteiger partial charge in [-0.15, -0.1) is 0 Å². The number of ketones is 1. The Labute approximate surface area is 342 Å². The number of ether oxygens (including phenoxy) is 4. The van der Waals surface area contributed by atoms with Crippen LogP contribution < -0.4 is 51.4 Å². The van der Waals surface area contributed by atoms with Crippen LogP contribution in [0.3, 0.4) is 0 Å². The molecule has 0 aromatic rings. The van der Waals surface area contributed by atoms with Crippen LogP contribution in [0.2, 0.25) is 0 Å². The second kappa shape index (κ2) is 26.7. The van der Waals surface area contributed by atoms with Crippen LogP contribution in [0.25, 0.3) is 0 Å². The van der Waals surface area contributed by atoms with E-state index in [1.807, 2.05) is 41.5 Å². The van der Waals surface area contributed by atoms with Crippen molar-refractivity contribution in [1.82, 2.24) is 0 Å². The smallest absolute Gasteiger partial charge is 0.742 e. The number of hydrogen-bond donors (Lipinski definition) is 1. The number of rotatable bonds is 3. The molecule has 11 nitrogen and oxygen atoms in total. The van der Waals surface area contributed by atoms with Crippen molar-refractivity contribution in [2.75, 3.05) is 6.26 Å². The molecule has 0 aromatic heterocycles. The van der Waals surface area contributed by atoms with Gasteiger partial charge >= 0.3 is 51.4 Å². The molecule has 0 bridgehead atoms. The minimum Gasteiger partial charge on any atom is -0.742 e. The molecule has 0 aliphatic carbocycles. The molecule has 4 fully saturated rings. The number of carbonyl (C=O) groups is 3. The van der Waals surface area contributed by atoms with Crippen LogP contribution >= 0.6 is 11.8 Å². The molecule has 0 amide bonds. The third-order valence-electron chi connectivity index (χ3n) is 7.12. The normalized spacial score (nSPS) is 34.8. The van der Waals surface area contributed by atoms with Gasteiger partial charge in [0, 0.05) is 43.0 Å². The molecule has 8 unspecified atom stereocenters. The van der Waals surface area contributed by atoms with E-state index in [1.165, 1.54) is 18.7 Å². The maximum Gasteiger partial charge on any atom is 1.00 e. The third-order valence-corrected chi connectivity index (χ3v) is 8.79. The monoisotopic (exact) mass is 768 g/mol. The van der Waals surface area contributed by atoms with Crippen molar-refractivity contribution in [2.24, 2.45) is 0 Å². The number of Topliss-reactive ketones (excluding diaryl/α,β-unsaturated/α-hetero) is 1. The van der Waals surface area contributed by atoms with E-state index in [1.54, 1.807) is 6.92 Å². The Bertz CT molecular complexity index is 971. The largest absolute Gasteiger partial charge is 1.00 e. The molecule has 1 N–H and O–H groups in total. The van der Waals surface area contributed by atoms with Crippen molar-refractivity contribution in [2.45, 2.75) is 187 Å². The zero-order chi connectivity index (χ0) is 36.5. The fraction of sp³-hybridized carbons (Fsp3) is 0.909. The van der Waals surface area contributed by atoms with E-state index < -0.39 is 10.1 Å². The number of hydrogen-bond acceptors (Lipinski definition) is 13. The average molecular weight is 769 g/mol. The Kier molecular flexibility index (Phi) is 28.3. The van der Waals surface area contributed by atoms with Crippen molar-refractivity contribution in [3.63, 3.8) is 0 Å². The third kappa shape index (κ3) is 29.5. The van der Waals surface area contributed by atoms with Gasteiger partial charge in [0.2, 0.25) is 0 Å². The van der Waals surface area contributed by atoms with Gasteiger partial charge < -0.3 is 41.5 Å². The Morgan fingerprint density at radius 1 is 0.708 bits per heavy atom. The van der Waals surface area contributed by atoms with E-state index in [-0.39, 0.29) is 110 Å². The van der Waals surface area contributed by atoms with E-state index in [9.17, 15) is 27.9 Å². The topological polar surface area (TPSA) is 152 Å². The molecule has 4 aliphatic rings. The van der Waals surface area contributed by atoms with Crippen LogP contribution in [-0.4, -0.2) is 102 Å². The van der Waals surface area contributed by atoms with Gasteiger partial charge in [-0.2, -0.15) is 8.42 Å². The predicted octanol–water partition coefficient (Wildman–Crippen LogP) is 2.30. The molecule has 278 valence electrons. The Hall–Kier alpha value is 0.926. The standard InChI is InChI=1S/C9H16O2S.C8H16O4S.C7H14O2.C7H12O2.C2H4OS.K/c1-6-4-9(12-8(3)10)5-7(2)11-6;1-6-4-8(5-7(2)11-6)12-13(3,9)10;2*1-5-3-7(8)4-6(2)9-5;1-2(3)4;/h6-7,9H,4-5H2,1-3H3;6-8H,4-5H2,1-3H3;5-8H,3-4H2,1-2H3;5-6H,3-4H2,1-2H3;1H3,(H,3,4);/q;;;;;+1/p-1.